The zero-order chi connectivity index (χ0) is 26.0. The van der Waals surface area contributed by atoms with Gasteiger partial charge in [0.15, 0.2) is 0 Å². The molecule has 0 amide bonds. The van der Waals surface area contributed by atoms with Crippen molar-refractivity contribution < 1.29 is 0 Å². The summed E-state index contributed by atoms with van der Waals surface area (Å²) in [6, 6.07) is 23.5. The molecule has 0 spiro atoms. The van der Waals surface area contributed by atoms with Gasteiger partial charge in [0.25, 0.3) is 0 Å². The van der Waals surface area contributed by atoms with Crippen molar-refractivity contribution >= 4 is 22.2 Å². The number of benzene rings is 3. The summed E-state index contributed by atoms with van der Waals surface area (Å²) in [5.74, 6) is 0.836. The van der Waals surface area contributed by atoms with Crippen LogP contribution >= 0.6 is 0 Å². The van der Waals surface area contributed by atoms with Gasteiger partial charge < -0.3 is 11.1 Å². The first-order chi connectivity index (χ1) is 18.1. The highest BCUT2D eigenvalue weighted by Gasteiger charge is 2.13. The summed E-state index contributed by atoms with van der Waals surface area (Å²) < 4.78 is 0. The second-order valence-corrected chi connectivity index (χ2v) is 9.16. The summed E-state index contributed by atoms with van der Waals surface area (Å²) in [6.45, 7) is 7.57. The predicted octanol–water partition coefficient (Wildman–Crippen LogP) is 7.73. The Balaban J connectivity index is 1.56. The van der Waals surface area contributed by atoms with E-state index in [1.807, 2.05) is 0 Å². The Labute approximate surface area is 220 Å². The maximum Gasteiger partial charge on any atom is 0.133 e. The van der Waals surface area contributed by atoms with Crippen molar-refractivity contribution in [2.24, 2.45) is 5.73 Å². The van der Waals surface area contributed by atoms with Crippen LogP contribution in [0.3, 0.4) is 0 Å². The van der Waals surface area contributed by atoms with Gasteiger partial charge in [-0.3, -0.25) is 0 Å². The van der Waals surface area contributed by atoms with Crippen molar-refractivity contribution in [1.82, 2.24) is 9.97 Å². The second-order valence-electron chi connectivity index (χ2n) is 9.16. The van der Waals surface area contributed by atoms with Gasteiger partial charge in [-0.15, -0.1) is 0 Å². The van der Waals surface area contributed by atoms with Gasteiger partial charge in [0, 0.05) is 17.7 Å². The summed E-state index contributed by atoms with van der Waals surface area (Å²) in [6.07, 6.45) is 12.1. The van der Waals surface area contributed by atoms with Crippen LogP contribution < -0.4 is 11.1 Å². The minimum atomic E-state index is 0.531. The predicted molar refractivity (Wildman–Crippen MR) is 158 cm³/mol. The Morgan fingerprint density at radius 2 is 1.76 bits per heavy atom. The summed E-state index contributed by atoms with van der Waals surface area (Å²) in [7, 11) is 0. The van der Waals surface area contributed by atoms with Crippen LogP contribution in [0.2, 0.25) is 0 Å². The van der Waals surface area contributed by atoms with Crippen LogP contribution in [0.15, 0.2) is 103 Å². The summed E-state index contributed by atoms with van der Waals surface area (Å²) in [5.41, 5.74) is 13.9. The van der Waals surface area contributed by atoms with E-state index in [1.165, 1.54) is 33.0 Å². The molecule has 1 heterocycles. The van der Waals surface area contributed by atoms with Crippen LogP contribution in [0.5, 0.6) is 0 Å². The first-order valence-electron chi connectivity index (χ1n) is 13.0. The van der Waals surface area contributed by atoms with Crippen molar-refractivity contribution in [1.29, 1.82) is 0 Å². The van der Waals surface area contributed by atoms with E-state index >= 15 is 0 Å². The normalized spacial score (nSPS) is 12.4. The topological polar surface area (TPSA) is 63.8 Å². The molecular formula is C33H36N4. The first kappa shape index (κ1) is 26.1. The number of nitrogens with two attached hydrogens (primary N) is 1. The summed E-state index contributed by atoms with van der Waals surface area (Å²) in [4.78, 5) is 9.23. The Hall–Kier alpha value is -4.02. The van der Waals surface area contributed by atoms with E-state index in [1.54, 1.807) is 6.33 Å². The molecule has 0 saturated heterocycles. The Morgan fingerprint density at radius 1 is 0.973 bits per heavy atom. The molecule has 4 nitrogen and oxygen atoms in total. The van der Waals surface area contributed by atoms with Crippen molar-refractivity contribution in [2.75, 3.05) is 11.9 Å². The van der Waals surface area contributed by atoms with Crippen LogP contribution in [0.25, 0.3) is 27.6 Å². The molecule has 0 bridgehead atoms. The number of hydrogen-bond acceptors (Lipinski definition) is 4. The molecule has 1 aromatic heterocycles. The van der Waals surface area contributed by atoms with E-state index in [4.69, 9.17) is 5.73 Å². The number of anilines is 1. The minimum Gasteiger partial charge on any atom is -0.366 e. The number of fused-ring (bicyclic) bond motifs is 1. The van der Waals surface area contributed by atoms with Crippen molar-refractivity contribution in [3.8, 4) is 11.3 Å². The molecule has 4 aromatic rings. The highest BCUT2D eigenvalue weighted by molar-refractivity contribution is 5.87. The lowest BCUT2D eigenvalue weighted by molar-refractivity contribution is 0.937. The van der Waals surface area contributed by atoms with Crippen LogP contribution in [0, 0.1) is 0 Å². The first-order valence-corrected chi connectivity index (χ1v) is 13.0. The fourth-order valence-corrected chi connectivity index (χ4v) is 4.57. The number of nitrogens with one attached hydrogen (secondary N) is 1. The van der Waals surface area contributed by atoms with Gasteiger partial charge in [0.1, 0.15) is 12.1 Å². The number of nitrogens with zero attached hydrogens (tertiary/aromatic N) is 2. The van der Waals surface area contributed by atoms with Crippen molar-refractivity contribution in [3.05, 3.63) is 120 Å². The molecular weight excluding hydrogens is 452 g/mol. The molecule has 0 aliphatic rings. The lowest BCUT2D eigenvalue weighted by Crippen LogP contribution is -2.11. The average Bonchev–Trinajstić information content (AvgIpc) is 2.92. The van der Waals surface area contributed by atoms with E-state index in [-0.39, 0.29) is 0 Å². The highest BCUT2D eigenvalue weighted by Crippen LogP contribution is 2.29. The van der Waals surface area contributed by atoms with Gasteiger partial charge in [0.05, 0.1) is 5.69 Å². The monoisotopic (exact) mass is 488 g/mol. The average molecular weight is 489 g/mol. The van der Waals surface area contributed by atoms with E-state index < -0.39 is 0 Å². The Morgan fingerprint density at radius 3 is 2.49 bits per heavy atom. The molecule has 3 N–H and O–H groups in total. The van der Waals surface area contributed by atoms with E-state index in [2.05, 4.69) is 127 Å². The molecule has 37 heavy (non-hydrogen) atoms. The number of aromatic nitrogens is 2. The zero-order valence-corrected chi connectivity index (χ0v) is 22.0. The molecule has 0 atom stereocenters. The van der Waals surface area contributed by atoms with E-state index in [9.17, 15) is 0 Å². The molecule has 0 aliphatic carbocycles. The van der Waals surface area contributed by atoms with Gasteiger partial charge in [-0.05, 0) is 66.8 Å². The van der Waals surface area contributed by atoms with Gasteiger partial charge in [-0.1, -0.05) is 97.5 Å². The zero-order valence-electron chi connectivity index (χ0n) is 22.0. The Bertz CT molecular complexity index is 1430. The largest absolute Gasteiger partial charge is 0.366 e. The Kier molecular flexibility index (Phi) is 9.01. The van der Waals surface area contributed by atoms with Gasteiger partial charge in [0.2, 0.25) is 0 Å². The standard InChI is InChI=1S/C33H36N4/c1-4-8-24(3)20-28(9-5-2)27-14-12-25(13-15-27)22-35-33-31(18-19-34)32(36-23-37-33)30-17-16-26-10-6-7-11-29(26)21-30/h5-17,20-21,23H,4,18-19,22,34H2,1-3H3,(H,35,36,37)/b9-5-,24-8+,28-20+. The van der Waals surface area contributed by atoms with Crippen molar-refractivity contribution in [3.63, 3.8) is 0 Å². The third-order valence-electron chi connectivity index (χ3n) is 6.37. The van der Waals surface area contributed by atoms with Crippen molar-refractivity contribution in [2.45, 2.75) is 40.2 Å². The number of hydrogen-bond donors (Lipinski definition) is 2. The third kappa shape index (κ3) is 6.60. The molecule has 0 saturated carbocycles. The molecule has 0 radical (unpaired) electrons. The minimum absolute atomic E-state index is 0.531. The summed E-state index contributed by atoms with van der Waals surface area (Å²) in [5, 5.41) is 5.95. The van der Waals surface area contributed by atoms with Crippen LogP contribution in [0.4, 0.5) is 5.82 Å². The highest BCUT2D eigenvalue weighted by atomic mass is 15.0. The molecule has 188 valence electrons. The molecule has 4 heteroatoms. The lowest BCUT2D eigenvalue weighted by atomic mass is 10.00. The number of rotatable bonds is 10. The summed E-state index contributed by atoms with van der Waals surface area (Å²) >= 11 is 0. The maximum absolute atomic E-state index is 6.00. The van der Waals surface area contributed by atoms with Gasteiger partial charge >= 0.3 is 0 Å². The lowest BCUT2D eigenvalue weighted by Gasteiger charge is -2.15. The SMILES string of the molecule is C\C=C/C(=C\C(C)=C\CC)c1ccc(CNc2ncnc(-c3ccc4ccccc4c3)c2CCN)cc1. The second kappa shape index (κ2) is 12.8. The van der Waals surface area contributed by atoms with E-state index in [0.717, 1.165) is 29.1 Å². The van der Waals surface area contributed by atoms with Crippen LogP contribution in [-0.2, 0) is 13.0 Å². The molecule has 0 fully saturated rings. The fraction of sp³-hybridized carbons (Fsp3) is 0.212. The molecule has 0 unspecified atom stereocenters. The van der Waals surface area contributed by atoms with Gasteiger partial charge in [-0.25, -0.2) is 9.97 Å². The molecule has 4 rings (SSSR count). The third-order valence-corrected chi connectivity index (χ3v) is 6.37. The van der Waals surface area contributed by atoms with Crippen LogP contribution in [0.1, 0.15) is 43.9 Å². The maximum atomic E-state index is 6.00. The van der Waals surface area contributed by atoms with Gasteiger partial charge in [-0.2, -0.15) is 0 Å². The smallest absolute Gasteiger partial charge is 0.133 e. The quantitative estimate of drug-likeness (QED) is 0.224. The van der Waals surface area contributed by atoms with E-state index in [0.29, 0.717) is 19.5 Å². The molecule has 3 aromatic carbocycles. The van der Waals surface area contributed by atoms with Crippen LogP contribution in [-0.4, -0.2) is 16.5 Å². The fourth-order valence-electron chi connectivity index (χ4n) is 4.57. The molecule has 0 aliphatic heterocycles. The number of allylic oxidation sites excluding steroid dienone is 6.